The largest absolute Gasteiger partial charge is 0.481 e. The molecule has 0 radical (unpaired) electrons. The molecule has 10 N–H and O–H groups in total. The Kier molecular flexibility index (Phi) is 19.9. The minimum atomic E-state index is -1.76. The standard InChI is InChI=1S/C32H58O17/c1-3-5-7-9-18(46-31-29(43)27(41)25(39)21(15-33)48-31)11-17(35)12-24(38)45-19(10-8-6-4-2)13-20(14-23(36)37)47-32-30(44)28(42)26(40)22(16-34)49-32/h17-22,25-35,39-44H,3-16H2,1-2H3,(H,36,37)/t17-,18-,19-,20-,21-,22-,25+,26+,27+,28+,29+,30+,31-,32-/m0/s1. The zero-order chi connectivity index (χ0) is 36.7. The van der Waals surface area contributed by atoms with Crippen LogP contribution in [-0.4, -0.2) is 162 Å². The van der Waals surface area contributed by atoms with Crippen LogP contribution in [-0.2, 0) is 33.3 Å². The lowest BCUT2D eigenvalue weighted by Gasteiger charge is -2.41. The summed E-state index contributed by atoms with van der Waals surface area (Å²) in [6.45, 7) is 2.61. The van der Waals surface area contributed by atoms with E-state index in [2.05, 4.69) is 0 Å². The second-order valence-corrected chi connectivity index (χ2v) is 12.9. The van der Waals surface area contributed by atoms with E-state index in [1.54, 1.807) is 0 Å². The highest BCUT2D eigenvalue weighted by atomic mass is 16.7. The maximum atomic E-state index is 13.1. The van der Waals surface area contributed by atoms with Gasteiger partial charge in [-0.3, -0.25) is 9.59 Å². The van der Waals surface area contributed by atoms with Gasteiger partial charge >= 0.3 is 11.9 Å². The molecule has 0 spiro atoms. The molecule has 49 heavy (non-hydrogen) atoms. The molecule has 0 amide bonds. The number of carbonyl (C=O) groups excluding carboxylic acids is 1. The number of hydrogen-bond acceptors (Lipinski definition) is 16. The fourth-order valence-corrected chi connectivity index (χ4v) is 5.94. The molecule has 14 atom stereocenters. The summed E-state index contributed by atoms with van der Waals surface area (Å²) in [5.74, 6) is -2.06. The number of aliphatic hydroxyl groups excluding tert-OH is 9. The molecule has 0 aliphatic carbocycles. The molecule has 2 aliphatic heterocycles. The van der Waals surface area contributed by atoms with Gasteiger partial charge in [0.05, 0.1) is 44.4 Å². The van der Waals surface area contributed by atoms with E-state index in [-0.39, 0.29) is 12.8 Å². The Hall–Kier alpha value is -1.58. The zero-order valence-electron chi connectivity index (χ0n) is 28.3. The summed E-state index contributed by atoms with van der Waals surface area (Å²) in [5.41, 5.74) is 0. The first-order valence-corrected chi connectivity index (χ1v) is 17.3. The van der Waals surface area contributed by atoms with Crippen molar-refractivity contribution in [3.63, 3.8) is 0 Å². The number of aliphatic carboxylic acids is 1. The summed E-state index contributed by atoms with van der Waals surface area (Å²) in [6, 6.07) is 0. The van der Waals surface area contributed by atoms with Gasteiger partial charge in [0, 0.05) is 12.8 Å². The van der Waals surface area contributed by atoms with Crippen molar-refractivity contribution in [3.05, 3.63) is 0 Å². The van der Waals surface area contributed by atoms with Gasteiger partial charge in [-0.2, -0.15) is 0 Å². The van der Waals surface area contributed by atoms with Gasteiger partial charge in [-0.05, 0) is 19.3 Å². The monoisotopic (exact) mass is 714 g/mol. The number of unbranched alkanes of at least 4 members (excludes halogenated alkanes) is 4. The van der Waals surface area contributed by atoms with Crippen LogP contribution >= 0.6 is 0 Å². The smallest absolute Gasteiger partial charge is 0.308 e. The predicted octanol–water partition coefficient (Wildman–Crippen LogP) is -1.57. The first-order valence-electron chi connectivity index (χ1n) is 17.3. The lowest BCUT2D eigenvalue weighted by Crippen LogP contribution is -2.59. The van der Waals surface area contributed by atoms with E-state index in [4.69, 9.17) is 23.7 Å². The van der Waals surface area contributed by atoms with Crippen LogP contribution in [0.1, 0.15) is 90.9 Å². The first-order chi connectivity index (χ1) is 23.3. The molecule has 0 saturated carbocycles. The van der Waals surface area contributed by atoms with E-state index < -0.39 is 124 Å². The average molecular weight is 715 g/mol. The molecular formula is C32H58O17. The molecule has 2 fully saturated rings. The van der Waals surface area contributed by atoms with Crippen molar-refractivity contribution in [2.45, 2.75) is 177 Å². The number of carbonyl (C=O) groups is 2. The van der Waals surface area contributed by atoms with Crippen molar-refractivity contribution in [1.29, 1.82) is 0 Å². The van der Waals surface area contributed by atoms with Crippen LogP contribution in [0.2, 0.25) is 0 Å². The van der Waals surface area contributed by atoms with Crippen molar-refractivity contribution in [2.75, 3.05) is 13.2 Å². The highest BCUT2D eigenvalue weighted by Crippen LogP contribution is 2.28. The summed E-state index contributed by atoms with van der Waals surface area (Å²) < 4.78 is 28.1. The first kappa shape index (κ1) is 43.6. The third-order valence-corrected chi connectivity index (χ3v) is 8.77. The van der Waals surface area contributed by atoms with Gasteiger partial charge in [0.1, 0.15) is 54.9 Å². The molecular weight excluding hydrogens is 656 g/mol. The molecule has 288 valence electrons. The van der Waals surface area contributed by atoms with E-state index in [1.165, 1.54) is 0 Å². The maximum absolute atomic E-state index is 13.1. The lowest BCUT2D eigenvalue weighted by molar-refractivity contribution is -0.313. The van der Waals surface area contributed by atoms with Gasteiger partial charge in [-0.1, -0.05) is 46.0 Å². The van der Waals surface area contributed by atoms with E-state index in [0.717, 1.165) is 25.7 Å². The van der Waals surface area contributed by atoms with Crippen molar-refractivity contribution < 1.29 is 84.3 Å². The molecule has 0 unspecified atom stereocenters. The molecule has 2 rings (SSSR count). The fourth-order valence-electron chi connectivity index (χ4n) is 5.94. The average Bonchev–Trinajstić information content (AvgIpc) is 3.04. The summed E-state index contributed by atoms with van der Waals surface area (Å²) in [4.78, 5) is 24.7. The predicted molar refractivity (Wildman–Crippen MR) is 168 cm³/mol. The molecule has 0 aromatic rings. The van der Waals surface area contributed by atoms with E-state index in [1.807, 2.05) is 13.8 Å². The number of ether oxygens (including phenoxy) is 5. The van der Waals surface area contributed by atoms with Gasteiger partial charge in [-0.25, -0.2) is 0 Å². The van der Waals surface area contributed by atoms with Crippen LogP contribution < -0.4 is 0 Å². The van der Waals surface area contributed by atoms with Crippen LogP contribution in [0.4, 0.5) is 0 Å². The van der Waals surface area contributed by atoms with Gasteiger partial charge in [0.2, 0.25) is 0 Å². The second kappa shape index (κ2) is 22.4. The van der Waals surface area contributed by atoms with Crippen molar-refractivity contribution >= 4 is 11.9 Å². The molecule has 0 aromatic heterocycles. The van der Waals surface area contributed by atoms with Crippen LogP contribution in [0.25, 0.3) is 0 Å². The molecule has 17 heteroatoms. The quantitative estimate of drug-likeness (QED) is 0.0423. The number of carboxylic acid groups (broad SMARTS) is 1. The lowest BCUT2D eigenvalue weighted by atomic mass is 9.98. The van der Waals surface area contributed by atoms with Crippen molar-refractivity contribution in [1.82, 2.24) is 0 Å². The fraction of sp³-hybridized carbons (Fsp3) is 0.938. The molecule has 2 aliphatic rings. The summed E-state index contributed by atoms with van der Waals surface area (Å²) in [7, 11) is 0. The summed E-state index contributed by atoms with van der Waals surface area (Å²) in [5, 5.41) is 101. The Morgan fingerprint density at radius 2 is 1.10 bits per heavy atom. The summed E-state index contributed by atoms with van der Waals surface area (Å²) >= 11 is 0. The molecule has 0 aromatic carbocycles. The van der Waals surface area contributed by atoms with E-state index >= 15 is 0 Å². The Bertz CT molecular complexity index is 937. The normalized spacial score (nSPS) is 33.0. The highest BCUT2D eigenvalue weighted by molar-refractivity contribution is 5.70. The number of aliphatic hydroxyl groups is 9. The van der Waals surface area contributed by atoms with Crippen LogP contribution in [0, 0.1) is 0 Å². The molecule has 2 heterocycles. The number of rotatable bonds is 23. The maximum Gasteiger partial charge on any atom is 0.308 e. The number of hydrogen-bond donors (Lipinski definition) is 10. The van der Waals surface area contributed by atoms with Gasteiger partial charge in [0.15, 0.2) is 12.6 Å². The van der Waals surface area contributed by atoms with Crippen LogP contribution in [0.5, 0.6) is 0 Å². The number of carboxylic acids is 1. The Balaban J connectivity index is 2.09. The van der Waals surface area contributed by atoms with Gasteiger partial charge in [-0.15, -0.1) is 0 Å². The van der Waals surface area contributed by atoms with Gasteiger partial charge < -0.3 is 74.7 Å². The Labute approximate surface area is 286 Å². The Morgan fingerprint density at radius 3 is 1.55 bits per heavy atom. The SMILES string of the molecule is CCCCC[C@@H](C[C@@H](CC(=O)O)O[C@H]1O[C@@H](CO)[C@@H](O)[C@@H](O)[C@H]1O)OC(=O)C[C@@H](O)C[C@H](CCCCC)O[C@H]1O[C@@H](CO)[C@@H](O)[C@@H](O)[C@H]1O. The van der Waals surface area contributed by atoms with E-state index in [9.17, 15) is 60.7 Å². The molecule has 17 nitrogen and oxygen atoms in total. The minimum Gasteiger partial charge on any atom is -0.481 e. The minimum absolute atomic E-state index is 0.0871. The topological polar surface area (TPSA) is 283 Å². The van der Waals surface area contributed by atoms with E-state index in [0.29, 0.717) is 25.7 Å². The Morgan fingerprint density at radius 1 is 0.633 bits per heavy atom. The third kappa shape index (κ3) is 14.2. The van der Waals surface area contributed by atoms with Crippen molar-refractivity contribution in [2.24, 2.45) is 0 Å². The van der Waals surface area contributed by atoms with Crippen molar-refractivity contribution in [3.8, 4) is 0 Å². The molecule has 2 saturated heterocycles. The third-order valence-electron chi connectivity index (χ3n) is 8.77. The van der Waals surface area contributed by atoms with Gasteiger partial charge in [0.25, 0.3) is 0 Å². The molecule has 0 bridgehead atoms. The summed E-state index contributed by atoms with van der Waals surface area (Å²) in [6.07, 6.45) is -15.5. The van der Waals surface area contributed by atoms with Crippen LogP contribution in [0.15, 0.2) is 0 Å². The van der Waals surface area contributed by atoms with Crippen LogP contribution in [0.3, 0.4) is 0 Å². The number of esters is 1. The second-order valence-electron chi connectivity index (χ2n) is 12.9. The highest BCUT2D eigenvalue weighted by Gasteiger charge is 2.46. The zero-order valence-corrected chi connectivity index (χ0v) is 28.3.